The molecule has 0 amide bonds. The van der Waals surface area contributed by atoms with Crippen LogP contribution in [0.2, 0.25) is 0 Å². The first kappa shape index (κ1) is 14.9. The first-order valence-corrected chi connectivity index (χ1v) is 9.51. The standard InChI is InChI=1S/C23H18N4/c1-2-6-16-15(5-1)22-19-13-25-27-20(19)8-9-21(22)26-23(16)17-7-3-4-14-10-11-24-12-18(14)17/h3-4,7-13H,1-2,5-6H2,(H,25,27). The predicted molar refractivity (Wildman–Crippen MR) is 109 cm³/mol. The third kappa shape index (κ3) is 2.13. The van der Waals surface area contributed by atoms with Gasteiger partial charge in [0.25, 0.3) is 0 Å². The van der Waals surface area contributed by atoms with Gasteiger partial charge in [-0.3, -0.25) is 10.1 Å². The highest BCUT2D eigenvalue weighted by Crippen LogP contribution is 2.39. The van der Waals surface area contributed by atoms with Crippen LogP contribution >= 0.6 is 0 Å². The van der Waals surface area contributed by atoms with Crippen LogP contribution in [0.3, 0.4) is 0 Å². The second-order valence-electron chi connectivity index (χ2n) is 7.32. The van der Waals surface area contributed by atoms with E-state index >= 15 is 0 Å². The summed E-state index contributed by atoms with van der Waals surface area (Å²) in [5.41, 5.74) is 7.30. The topological polar surface area (TPSA) is 54.5 Å². The average molecular weight is 350 g/mol. The summed E-state index contributed by atoms with van der Waals surface area (Å²) in [6.07, 6.45) is 10.4. The Bertz CT molecular complexity index is 1330. The Morgan fingerprint density at radius 1 is 0.852 bits per heavy atom. The lowest BCUT2D eigenvalue weighted by molar-refractivity contribution is 0.689. The Balaban J connectivity index is 1.76. The fraction of sp³-hybridized carbons (Fsp3) is 0.174. The first-order chi connectivity index (χ1) is 13.4. The Hall–Kier alpha value is -3.27. The van der Waals surface area contributed by atoms with Crippen LogP contribution in [0.1, 0.15) is 24.0 Å². The molecule has 0 atom stereocenters. The Kier molecular flexibility index (Phi) is 3.09. The fourth-order valence-electron chi connectivity index (χ4n) is 4.59. The van der Waals surface area contributed by atoms with Crippen LogP contribution in [0.15, 0.2) is 55.0 Å². The van der Waals surface area contributed by atoms with E-state index in [2.05, 4.69) is 51.6 Å². The Labute approximate surface area is 156 Å². The van der Waals surface area contributed by atoms with Crippen molar-refractivity contribution in [2.75, 3.05) is 0 Å². The third-order valence-electron chi connectivity index (χ3n) is 5.83. The van der Waals surface area contributed by atoms with Crippen LogP contribution in [0.5, 0.6) is 0 Å². The lowest BCUT2D eigenvalue weighted by Gasteiger charge is -2.22. The van der Waals surface area contributed by atoms with Crippen molar-refractivity contribution in [2.24, 2.45) is 0 Å². The van der Waals surface area contributed by atoms with Gasteiger partial charge in [-0.1, -0.05) is 18.2 Å². The van der Waals surface area contributed by atoms with Crippen LogP contribution in [-0.4, -0.2) is 20.2 Å². The van der Waals surface area contributed by atoms with Gasteiger partial charge < -0.3 is 0 Å². The van der Waals surface area contributed by atoms with Crippen LogP contribution in [0.25, 0.3) is 43.8 Å². The summed E-state index contributed by atoms with van der Waals surface area (Å²) in [5, 5.41) is 12.2. The predicted octanol–water partition coefficient (Wildman–Crippen LogP) is 5.21. The van der Waals surface area contributed by atoms with Gasteiger partial charge in [0.1, 0.15) is 0 Å². The molecule has 0 saturated carbocycles. The van der Waals surface area contributed by atoms with E-state index in [0.717, 1.165) is 29.6 Å². The van der Waals surface area contributed by atoms with Gasteiger partial charge in [-0.15, -0.1) is 0 Å². The van der Waals surface area contributed by atoms with Gasteiger partial charge in [-0.25, -0.2) is 4.98 Å². The van der Waals surface area contributed by atoms with Gasteiger partial charge in [0.2, 0.25) is 0 Å². The second kappa shape index (κ2) is 5.61. The molecule has 0 spiro atoms. The summed E-state index contributed by atoms with van der Waals surface area (Å²) in [6, 6.07) is 12.7. The summed E-state index contributed by atoms with van der Waals surface area (Å²) >= 11 is 0. The molecular weight excluding hydrogens is 332 g/mol. The van der Waals surface area contributed by atoms with Crippen molar-refractivity contribution in [3.63, 3.8) is 0 Å². The normalized spacial score (nSPS) is 14.1. The highest BCUT2D eigenvalue weighted by molar-refractivity contribution is 6.08. The van der Waals surface area contributed by atoms with E-state index in [4.69, 9.17) is 4.98 Å². The zero-order chi connectivity index (χ0) is 17.8. The average Bonchev–Trinajstić information content (AvgIpc) is 3.21. The molecule has 130 valence electrons. The molecule has 4 nitrogen and oxygen atoms in total. The number of nitrogens with zero attached hydrogens (tertiary/aromatic N) is 3. The number of H-pyrrole nitrogens is 1. The SMILES string of the molecule is c1cc(-c2nc3ccc4[nH]ncc4c3c3c2CCCC3)c2cnccc2c1. The van der Waals surface area contributed by atoms with Crippen molar-refractivity contribution in [3.05, 3.63) is 66.1 Å². The minimum atomic E-state index is 1.06. The van der Waals surface area contributed by atoms with Crippen LogP contribution in [0, 0.1) is 0 Å². The van der Waals surface area contributed by atoms with Gasteiger partial charge in [0, 0.05) is 34.1 Å². The molecule has 3 aromatic heterocycles. The highest BCUT2D eigenvalue weighted by atomic mass is 15.1. The number of hydrogen-bond acceptors (Lipinski definition) is 3. The largest absolute Gasteiger partial charge is 0.278 e. The molecule has 1 aliphatic rings. The number of fused-ring (bicyclic) bond motifs is 6. The van der Waals surface area contributed by atoms with Gasteiger partial charge in [0.05, 0.1) is 22.9 Å². The maximum atomic E-state index is 5.17. The maximum absolute atomic E-state index is 5.17. The number of benzene rings is 2. The second-order valence-corrected chi connectivity index (χ2v) is 7.32. The van der Waals surface area contributed by atoms with E-state index in [0.29, 0.717) is 0 Å². The number of aryl methyl sites for hydroxylation is 1. The number of aromatic amines is 1. The molecule has 5 aromatic rings. The molecule has 4 heteroatoms. The van der Waals surface area contributed by atoms with Gasteiger partial charge in [-0.2, -0.15) is 5.10 Å². The smallest absolute Gasteiger partial charge is 0.0751 e. The van der Waals surface area contributed by atoms with Gasteiger partial charge >= 0.3 is 0 Å². The molecule has 0 radical (unpaired) electrons. The molecule has 1 aliphatic carbocycles. The molecule has 2 aromatic carbocycles. The molecule has 0 aliphatic heterocycles. The quantitative estimate of drug-likeness (QED) is 0.452. The van der Waals surface area contributed by atoms with Gasteiger partial charge in [-0.05, 0) is 60.4 Å². The number of rotatable bonds is 1. The zero-order valence-electron chi connectivity index (χ0n) is 14.9. The van der Waals surface area contributed by atoms with Crippen molar-refractivity contribution in [1.29, 1.82) is 0 Å². The van der Waals surface area contributed by atoms with Crippen LogP contribution in [-0.2, 0) is 12.8 Å². The van der Waals surface area contributed by atoms with Crippen molar-refractivity contribution in [2.45, 2.75) is 25.7 Å². The molecule has 6 rings (SSSR count). The highest BCUT2D eigenvalue weighted by Gasteiger charge is 2.22. The monoisotopic (exact) mass is 350 g/mol. The summed E-state index contributed by atoms with van der Waals surface area (Å²) in [4.78, 5) is 9.54. The molecular formula is C23H18N4. The van der Waals surface area contributed by atoms with Crippen molar-refractivity contribution in [3.8, 4) is 11.3 Å². The lowest BCUT2D eigenvalue weighted by atomic mass is 9.85. The molecule has 0 saturated heterocycles. The molecule has 0 fully saturated rings. The van der Waals surface area contributed by atoms with E-state index in [1.807, 2.05) is 18.6 Å². The summed E-state index contributed by atoms with van der Waals surface area (Å²) < 4.78 is 0. The maximum Gasteiger partial charge on any atom is 0.0751 e. The molecule has 27 heavy (non-hydrogen) atoms. The third-order valence-corrected chi connectivity index (χ3v) is 5.83. The summed E-state index contributed by atoms with van der Waals surface area (Å²) in [5.74, 6) is 0. The molecule has 3 heterocycles. The number of pyridine rings is 2. The van der Waals surface area contributed by atoms with Gasteiger partial charge in [0.15, 0.2) is 0 Å². The van der Waals surface area contributed by atoms with Crippen LogP contribution < -0.4 is 0 Å². The van der Waals surface area contributed by atoms with E-state index in [9.17, 15) is 0 Å². The van der Waals surface area contributed by atoms with Crippen LogP contribution in [0.4, 0.5) is 0 Å². The Morgan fingerprint density at radius 2 is 1.78 bits per heavy atom. The first-order valence-electron chi connectivity index (χ1n) is 9.51. The Morgan fingerprint density at radius 3 is 2.74 bits per heavy atom. The number of aromatic nitrogens is 4. The van der Waals surface area contributed by atoms with Crippen molar-refractivity contribution in [1.82, 2.24) is 20.2 Å². The van der Waals surface area contributed by atoms with E-state index < -0.39 is 0 Å². The van der Waals surface area contributed by atoms with Crippen molar-refractivity contribution >= 4 is 32.6 Å². The minimum absolute atomic E-state index is 1.06. The van der Waals surface area contributed by atoms with E-state index in [1.54, 1.807) is 0 Å². The minimum Gasteiger partial charge on any atom is -0.278 e. The molecule has 1 N–H and O–H groups in total. The summed E-state index contributed by atoms with van der Waals surface area (Å²) in [6.45, 7) is 0. The van der Waals surface area contributed by atoms with E-state index in [-0.39, 0.29) is 0 Å². The number of nitrogens with one attached hydrogen (secondary N) is 1. The fourth-order valence-corrected chi connectivity index (χ4v) is 4.59. The molecule has 0 unspecified atom stereocenters. The zero-order valence-corrected chi connectivity index (χ0v) is 14.9. The molecule has 0 bridgehead atoms. The number of hydrogen-bond donors (Lipinski definition) is 1. The van der Waals surface area contributed by atoms with Crippen molar-refractivity contribution < 1.29 is 0 Å². The summed E-state index contributed by atoms with van der Waals surface area (Å²) in [7, 11) is 0. The lowest BCUT2D eigenvalue weighted by Crippen LogP contribution is -2.08. The van der Waals surface area contributed by atoms with E-state index in [1.165, 1.54) is 51.1 Å².